The molecule has 1 atom stereocenters. The summed E-state index contributed by atoms with van der Waals surface area (Å²) in [7, 11) is 1.44. The second-order valence-corrected chi connectivity index (χ2v) is 6.85. The number of nitrogens with one attached hydrogen (secondary N) is 1. The van der Waals surface area contributed by atoms with Gasteiger partial charge in [-0.3, -0.25) is 4.79 Å². The van der Waals surface area contributed by atoms with Gasteiger partial charge in [0.25, 0.3) is 0 Å². The Labute approximate surface area is 157 Å². The number of benzene rings is 2. The van der Waals surface area contributed by atoms with Crippen LogP contribution in [0.15, 0.2) is 42.5 Å². The van der Waals surface area contributed by atoms with Gasteiger partial charge >= 0.3 is 0 Å². The maximum Gasteiger partial charge on any atom is 0.223 e. The number of hydrogen-bond donors (Lipinski definition) is 1. The van der Waals surface area contributed by atoms with Crippen molar-refractivity contribution in [2.75, 3.05) is 13.7 Å². The average Bonchev–Trinajstić information content (AvgIpc) is 3.32. The van der Waals surface area contributed by atoms with Gasteiger partial charge in [-0.15, -0.1) is 0 Å². The van der Waals surface area contributed by atoms with Crippen LogP contribution in [0.1, 0.15) is 36.7 Å². The Bertz CT molecular complexity index is 936. The van der Waals surface area contributed by atoms with E-state index >= 15 is 0 Å². The van der Waals surface area contributed by atoms with Crippen molar-refractivity contribution in [3.05, 3.63) is 59.7 Å². The van der Waals surface area contributed by atoms with E-state index in [2.05, 4.69) is 9.97 Å². The van der Waals surface area contributed by atoms with E-state index in [0.717, 1.165) is 41.8 Å². The van der Waals surface area contributed by atoms with Crippen molar-refractivity contribution < 1.29 is 13.9 Å². The van der Waals surface area contributed by atoms with Gasteiger partial charge in [-0.2, -0.15) is 0 Å². The quantitative estimate of drug-likeness (QED) is 0.741. The van der Waals surface area contributed by atoms with E-state index in [1.54, 1.807) is 12.1 Å². The van der Waals surface area contributed by atoms with Crippen LogP contribution >= 0.6 is 0 Å². The summed E-state index contributed by atoms with van der Waals surface area (Å²) < 4.78 is 18.8. The number of para-hydroxylation sites is 2. The van der Waals surface area contributed by atoms with E-state index in [4.69, 9.17) is 4.74 Å². The van der Waals surface area contributed by atoms with Crippen LogP contribution in [0.25, 0.3) is 11.0 Å². The molecule has 5 nitrogen and oxygen atoms in total. The lowest BCUT2D eigenvalue weighted by Crippen LogP contribution is -2.31. The summed E-state index contributed by atoms with van der Waals surface area (Å²) in [6.45, 7) is 0.734. The molecule has 1 aliphatic rings. The number of fused-ring (bicyclic) bond motifs is 1. The first kappa shape index (κ1) is 17.5. The van der Waals surface area contributed by atoms with Crippen LogP contribution in [-0.4, -0.2) is 34.4 Å². The number of rotatable bonds is 5. The van der Waals surface area contributed by atoms with Crippen LogP contribution < -0.4 is 4.74 Å². The molecule has 0 radical (unpaired) electrons. The molecule has 0 saturated carbocycles. The molecule has 2 heterocycles. The van der Waals surface area contributed by atoms with Crippen LogP contribution in [0, 0.1) is 5.82 Å². The summed E-state index contributed by atoms with van der Waals surface area (Å²) in [4.78, 5) is 22.7. The van der Waals surface area contributed by atoms with Crippen LogP contribution in [0.2, 0.25) is 0 Å². The Balaban J connectivity index is 1.45. The van der Waals surface area contributed by atoms with E-state index in [9.17, 15) is 9.18 Å². The number of hydrogen-bond acceptors (Lipinski definition) is 3. The van der Waals surface area contributed by atoms with Gasteiger partial charge in [0.1, 0.15) is 5.82 Å². The number of aromatic amines is 1. The van der Waals surface area contributed by atoms with E-state index in [-0.39, 0.29) is 17.7 Å². The topological polar surface area (TPSA) is 58.2 Å². The Kier molecular flexibility index (Phi) is 4.79. The van der Waals surface area contributed by atoms with Gasteiger partial charge in [0.15, 0.2) is 11.6 Å². The van der Waals surface area contributed by atoms with Crippen LogP contribution in [0.5, 0.6) is 5.75 Å². The average molecular weight is 367 g/mol. The van der Waals surface area contributed by atoms with Gasteiger partial charge in [0, 0.05) is 13.0 Å². The predicted molar refractivity (Wildman–Crippen MR) is 101 cm³/mol. The van der Waals surface area contributed by atoms with Gasteiger partial charge in [0.05, 0.1) is 24.2 Å². The van der Waals surface area contributed by atoms with Crippen molar-refractivity contribution >= 4 is 16.9 Å². The molecule has 1 N–H and O–H groups in total. The molecule has 1 amide bonds. The fourth-order valence-corrected chi connectivity index (χ4v) is 3.74. The maximum absolute atomic E-state index is 13.8. The summed E-state index contributed by atoms with van der Waals surface area (Å²) >= 11 is 0. The van der Waals surface area contributed by atoms with Crippen molar-refractivity contribution in [3.63, 3.8) is 0 Å². The number of methoxy groups -OCH3 is 1. The lowest BCUT2D eigenvalue weighted by Gasteiger charge is -2.23. The van der Waals surface area contributed by atoms with Gasteiger partial charge in [-0.1, -0.05) is 18.2 Å². The van der Waals surface area contributed by atoms with E-state index in [1.807, 2.05) is 29.2 Å². The zero-order valence-electron chi connectivity index (χ0n) is 15.2. The van der Waals surface area contributed by atoms with Gasteiger partial charge in [-0.05, 0) is 49.1 Å². The van der Waals surface area contributed by atoms with Crippen molar-refractivity contribution in [2.24, 2.45) is 0 Å². The monoisotopic (exact) mass is 367 g/mol. The maximum atomic E-state index is 13.8. The zero-order valence-corrected chi connectivity index (χ0v) is 15.2. The highest BCUT2D eigenvalue weighted by Crippen LogP contribution is 2.32. The third-order valence-corrected chi connectivity index (χ3v) is 5.14. The first-order valence-electron chi connectivity index (χ1n) is 9.22. The molecule has 0 bridgehead atoms. The van der Waals surface area contributed by atoms with Gasteiger partial charge in [-0.25, -0.2) is 9.37 Å². The molecule has 27 heavy (non-hydrogen) atoms. The van der Waals surface area contributed by atoms with Gasteiger partial charge in [0.2, 0.25) is 5.91 Å². The Hall–Kier alpha value is -2.89. The number of ether oxygens (including phenoxy) is 1. The number of likely N-dealkylation sites (tertiary alicyclic amines) is 1. The molecule has 140 valence electrons. The van der Waals surface area contributed by atoms with Crippen molar-refractivity contribution in [2.45, 2.75) is 31.7 Å². The van der Waals surface area contributed by atoms with E-state index in [0.29, 0.717) is 12.8 Å². The molecule has 1 unspecified atom stereocenters. The number of halogens is 1. The summed E-state index contributed by atoms with van der Waals surface area (Å²) in [5.41, 5.74) is 2.70. The van der Waals surface area contributed by atoms with Crippen LogP contribution in [-0.2, 0) is 11.2 Å². The molecular formula is C21H22FN3O2. The smallest absolute Gasteiger partial charge is 0.223 e. The molecular weight excluding hydrogens is 345 g/mol. The lowest BCUT2D eigenvalue weighted by atomic mass is 10.1. The first-order chi connectivity index (χ1) is 13.2. The Morgan fingerprint density at radius 2 is 2.19 bits per heavy atom. The third-order valence-electron chi connectivity index (χ3n) is 5.14. The fraction of sp³-hybridized carbons (Fsp3) is 0.333. The standard InChI is InChI=1S/C21H22FN3O2/c1-27-19-10-8-14(13-15(19)22)9-11-20(26)25-12-4-7-18(25)21-23-16-5-2-3-6-17(16)24-21/h2-3,5-6,8,10,13,18H,4,7,9,11-12H2,1H3,(H,23,24). The Morgan fingerprint density at radius 3 is 2.96 bits per heavy atom. The molecule has 3 aromatic rings. The SMILES string of the molecule is COc1ccc(CCC(=O)N2CCCC2c2nc3ccccc3[nH]2)cc1F. The highest BCUT2D eigenvalue weighted by Gasteiger charge is 2.31. The van der Waals surface area contributed by atoms with Crippen molar-refractivity contribution in [1.29, 1.82) is 0 Å². The lowest BCUT2D eigenvalue weighted by molar-refractivity contribution is -0.132. The number of imidazole rings is 1. The fourth-order valence-electron chi connectivity index (χ4n) is 3.74. The van der Waals surface area contributed by atoms with E-state index in [1.165, 1.54) is 13.2 Å². The van der Waals surface area contributed by atoms with Crippen molar-refractivity contribution in [1.82, 2.24) is 14.9 Å². The molecule has 1 aliphatic heterocycles. The molecule has 2 aromatic carbocycles. The predicted octanol–water partition coefficient (Wildman–Crippen LogP) is 4.01. The largest absolute Gasteiger partial charge is 0.494 e. The minimum absolute atomic E-state index is 0.0162. The number of H-pyrrole nitrogens is 1. The Morgan fingerprint density at radius 1 is 1.33 bits per heavy atom. The van der Waals surface area contributed by atoms with Crippen molar-refractivity contribution in [3.8, 4) is 5.75 Å². The number of amides is 1. The molecule has 4 rings (SSSR count). The van der Waals surface area contributed by atoms with Gasteiger partial charge < -0.3 is 14.6 Å². The number of nitrogens with zero attached hydrogens (tertiary/aromatic N) is 2. The molecule has 0 aliphatic carbocycles. The number of aromatic nitrogens is 2. The highest BCUT2D eigenvalue weighted by atomic mass is 19.1. The van der Waals surface area contributed by atoms with Crippen LogP contribution in [0.4, 0.5) is 4.39 Å². The minimum Gasteiger partial charge on any atom is -0.494 e. The molecule has 1 saturated heterocycles. The second kappa shape index (κ2) is 7.39. The van der Waals surface area contributed by atoms with E-state index < -0.39 is 5.82 Å². The molecule has 6 heteroatoms. The summed E-state index contributed by atoms with van der Waals surface area (Å²) in [5, 5.41) is 0. The summed E-state index contributed by atoms with van der Waals surface area (Å²) in [5.74, 6) is 0.741. The van der Waals surface area contributed by atoms with Crippen LogP contribution in [0.3, 0.4) is 0 Å². The number of carbonyl (C=O) groups is 1. The summed E-state index contributed by atoms with van der Waals surface area (Å²) in [6.07, 6.45) is 2.72. The second-order valence-electron chi connectivity index (χ2n) is 6.85. The molecule has 1 fully saturated rings. The zero-order chi connectivity index (χ0) is 18.8. The molecule has 0 spiro atoms. The first-order valence-corrected chi connectivity index (χ1v) is 9.22. The number of carbonyl (C=O) groups excluding carboxylic acids is 1. The number of aryl methyl sites for hydroxylation is 1. The minimum atomic E-state index is -0.399. The summed E-state index contributed by atoms with van der Waals surface area (Å²) in [6, 6.07) is 12.7. The normalized spacial score (nSPS) is 16.8. The highest BCUT2D eigenvalue weighted by molar-refractivity contribution is 5.78. The third kappa shape index (κ3) is 3.52. The molecule has 1 aromatic heterocycles.